The summed E-state index contributed by atoms with van der Waals surface area (Å²) in [4.78, 5) is 12.5. The van der Waals surface area contributed by atoms with E-state index in [0.717, 1.165) is 11.4 Å². The molecule has 7 heteroatoms. The van der Waals surface area contributed by atoms with Gasteiger partial charge in [-0.05, 0) is 45.0 Å². The molecule has 0 aliphatic carbocycles. The van der Waals surface area contributed by atoms with E-state index in [2.05, 4.69) is 15.5 Å². The van der Waals surface area contributed by atoms with Crippen molar-refractivity contribution in [2.75, 3.05) is 5.32 Å². The number of amides is 1. The van der Waals surface area contributed by atoms with E-state index in [0.29, 0.717) is 11.5 Å². The van der Waals surface area contributed by atoms with Gasteiger partial charge in [0, 0.05) is 11.8 Å². The van der Waals surface area contributed by atoms with Crippen LogP contribution in [0.3, 0.4) is 0 Å². The minimum Gasteiger partial charge on any atom is -0.309 e. The van der Waals surface area contributed by atoms with Gasteiger partial charge in [-0.15, -0.1) is 0 Å². The molecule has 2 aromatic heterocycles. The summed E-state index contributed by atoms with van der Waals surface area (Å²) in [5.41, 5.74) is 2.31. The van der Waals surface area contributed by atoms with E-state index >= 15 is 0 Å². The second-order valence-corrected chi connectivity index (χ2v) is 5.65. The molecule has 6 nitrogen and oxygen atoms in total. The number of aryl methyl sites for hydroxylation is 2. The fourth-order valence-corrected chi connectivity index (χ4v) is 2.59. The highest BCUT2D eigenvalue weighted by Gasteiger charge is 2.19. The summed E-state index contributed by atoms with van der Waals surface area (Å²) in [6.07, 6.45) is 1.55. The van der Waals surface area contributed by atoms with Gasteiger partial charge in [-0.1, -0.05) is 6.07 Å². The van der Waals surface area contributed by atoms with Crippen LogP contribution in [0.5, 0.6) is 0 Å². The molecule has 1 atom stereocenters. The van der Waals surface area contributed by atoms with Crippen LogP contribution >= 0.6 is 0 Å². The topological polar surface area (TPSA) is 64.7 Å². The van der Waals surface area contributed by atoms with Crippen LogP contribution in [0.2, 0.25) is 0 Å². The molecule has 3 aromatic rings. The molecule has 124 valence electrons. The molecule has 0 fully saturated rings. The molecule has 0 unspecified atom stereocenters. The molecular formula is C17H18FN5O. The summed E-state index contributed by atoms with van der Waals surface area (Å²) in [7, 11) is 0. The average molecular weight is 327 g/mol. The number of benzene rings is 1. The molecule has 0 saturated heterocycles. The Morgan fingerprint density at radius 1 is 1.25 bits per heavy atom. The quantitative estimate of drug-likeness (QED) is 0.801. The van der Waals surface area contributed by atoms with Crippen molar-refractivity contribution in [3.63, 3.8) is 0 Å². The molecule has 1 amide bonds. The summed E-state index contributed by atoms with van der Waals surface area (Å²) in [6, 6.07) is 9.13. The van der Waals surface area contributed by atoms with Crippen LogP contribution in [0.15, 0.2) is 42.6 Å². The van der Waals surface area contributed by atoms with Crippen molar-refractivity contribution in [1.29, 1.82) is 0 Å². The fourth-order valence-electron chi connectivity index (χ4n) is 2.59. The molecule has 0 radical (unpaired) electrons. The number of halogens is 1. The van der Waals surface area contributed by atoms with E-state index in [-0.39, 0.29) is 11.7 Å². The predicted octanol–water partition coefficient (Wildman–Crippen LogP) is 3.02. The Morgan fingerprint density at radius 3 is 2.71 bits per heavy atom. The van der Waals surface area contributed by atoms with Gasteiger partial charge in [-0.3, -0.25) is 9.48 Å². The lowest BCUT2D eigenvalue weighted by atomic mass is 10.3. The summed E-state index contributed by atoms with van der Waals surface area (Å²) >= 11 is 0. The van der Waals surface area contributed by atoms with E-state index in [1.54, 1.807) is 36.0 Å². The van der Waals surface area contributed by atoms with E-state index in [1.807, 2.05) is 19.9 Å². The molecular weight excluding hydrogens is 309 g/mol. The Hall–Kier alpha value is -2.96. The zero-order chi connectivity index (χ0) is 17.3. The largest absolute Gasteiger partial charge is 0.309 e. The lowest BCUT2D eigenvalue weighted by Crippen LogP contribution is -2.26. The predicted molar refractivity (Wildman–Crippen MR) is 88.6 cm³/mol. The van der Waals surface area contributed by atoms with Gasteiger partial charge in [0.1, 0.15) is 17.7 Å². The van der Waals surface area contributed by atoms with Crippen molar-refractivity contribution in [2.45, 2.75) is 26.8 Å². The van der Waals surface area contributed by atoms with Gasteiger partial charge in [-0.2, -0.15) is 10.2 Å². The van der Waals surface area contributed by atoms with E-state index in [4.69, 9.17) is 0 Å². The van der Waals surface area contributed by atoms with Crippen molar-refractivity contribution >= 4 is 11.7 Å². The minimum absolute atomic E-state index is 0.223. The van der Waals surface area contributed by atoms with Crippen LogP contribution in [0, 0.1) is 19.7 Å². The van der Waals surface area contributed by atoms with Crippen molar-refractivity contribution < 1.29 is 9.18 Å². The van der Waals surface area contributed by atoms with Crippen LogP contribution in [0.1, 0.15) is 24.4 Å². The van der Waals surface area contributed by atoms with Gasteiger partial charge in [0.25, 0.3) is 0 Å². The molecule has 3 rings (SSSR count). The lowest BCUT2D eigenvalue weighted by Gasteiger charge is -2.15. The number of carbonyl (C=O) groups excluding carboxylic acids is 1. The average Bonchev–Trinajstić information content (AvgIpc) is 3.12. The summed E-state index contributed by atoms with van der Waals surface area (Å²) in [6.45, 7) is 5.56. The van der Waals surface area contributed by atoms with E-state index in [9.17, 15) is 9.18 Å². The van der Waals surface area contributed by atoms with Crippen molar-refractivity contribution in [1.82, 2.24) is 19.6 Å². The van der Waals surface area contributed by atoms with E-state index in [1.165, 1.54) is 16.8 Å². The third kappa shape index (κ3) is 3.05. The molecule has 1 N–H and O–H groups in total. The SMILES string of the molecule is Cc1cc(C)n([C@H](C)C(=O)Nc2ccnn2-c2cccc(F)c2)n1. The highest BCUT2D eigenvalue weighted by molar-refractivity contribution is 5.92. The number of aromatic nitrogens is 4. The number of hydrogen-bond donors (Lipinski definition) is 1. The van der Waals surface area contributed by atoms with Crippen LogP contribution in [0.25, 0.3) is 5.69 Å². The standard InChI is InChI=1S/C17H18FN5O/c1-11-9-12(2)22(21-11)13(3)17(24)20-16-7-8-19-23(16)15-6-4-5-14(18)10-15/h4-10,13H,1-3H3,(H,20,24)/t13-/m1/s1. The van der Waals surface area contributed by atoms with Crippen LogP contribution < -0.4 is 5.32 Å². The maximum Gasteiger partial charge on any atom is 0.250 e. The molecule has 0 bridgehead atoms. The third-order valence-electron chi connectivity index (χ3n) is 3.74. The van der Waals surface area contributed by atoms with Gasteiger partial charge in [0.15, 0.2) is 0 Å². The molecule has 0 aliphatic rings. The van der Waals surface area contributed by atoms with Gasteiger partial charge < -0.3 is 5.32 Å². The number of rotatable bonds is 4. The molecule has 24 heavy (non-hydrogen) atoms. The van der Waals surface area contributed by atoms with Crippen LogP contribution in [-0.4, -0.2) is 25.5 Å². The first-order valence-corrected chi connectivity index (χ1v) is 7.59. The minimum atomic E-state index is -0.477. The second-order valence-electron chi connectivity index (χ2n) is 5.65. The third-order valence-corrected chi connectivity index (χ3v) is 3.74. The van der Waals surface area contributed by atoms with Crippen LogP contribution in [-0.2, 0) is 4.79 Å². The number of nitrogens with zero attached hydrogens (tertiary/aromatic N) is 4. The van der Waals surface area contributed by atoms with E-state index < -0.39 is 6.04 Å². The fraction of sp³-hybridized carbons (Fsp3) is 0.235. The normalized spacial score (nSPS) is 12.2. The lowest BCUT2D eigenvalue weighted by molar-refractivity contribution is -0.119. The molecule has 0 saturated carbocycles. The van der Waals surface area contributed by atoms with Gasteiger partial charge in [0.2, 0.25) is 5.91 Å². The number of anilines is 1. The monoisotopic (exact) mass is 327 g/mol. The van der Waals surface area contributed by atoms with Crippen LogP contribution in [0.4, 0.5) is 10.2 Å². The highest BCUT2D eigenvalue weighted by atomic mass is 19.1. The summed E-state index contributed by atoms with van der Waals surface area (Å²) < 4.78 is 16.6. The molecule has 0 spiro atoms. The zero-order valence-electron chi connectivity index (χ0n) is 13.7. The number of hydrogen-bond acceptors (Lipinski definition) is 3. The summed E-state index contributed by atoms with van der Waals surface area (Å²) in [5.74, 6) is -0.116. The van der Waals surface area contributed by atoms with Crippen molar-refractivity contribution in [3.05, 3.63) is 59.8 Å². The Labute approximate surface area is 138 Å². The summed E-state index contributed by atoms with van der Waals surface area (Å²) in [5, 5.41) is 11.3. The van der Waals surface area contributed by atoms with Crippen molar-refractivity contribution in [2.24, 2.45) is 0 Å². The maximum absolute atomic E-state index is 13.4. The van der Waals surface area contributed by atoms with Crippen molar-refractivity contribution in [3.8, 4) is 5.69 Å². The molecule has 1 aromatic carbocycles. The molecule has 0 aliphatic heterocycles. The molecule has 2 heterocycles. The number of nitrogens with one attached hydrogen (secondary N) is 1. The van der Waals surface area contributed by atoms with Gasteiger partial charge in [-0.25, -0.2) is 9.07 Å². The Balaban J connectivity index is 1.83. The smallest absolute Gasteiger partial charge is 0.250 e. The number of carbonyl (C=O) groups is 1. The first-order chi connectivity index (χ1) is 11.5. The maximum atomic E-state index is 13.4. The van der Waals surface area contributed by atoms with Gasteiger partial charge >= 0.3 is 0 Å². The first-order valence-electron chi connectivity index (χ1n) is 7.59. The Morgan fingerprint density at radius 2 is 2.04 bits per heavy atom. The van der Waals surface area contributed by atoms with Gasteiger partial charge in [0.05, 0.1) is 17.6 Å². The highest BCUT2D eigenvalue weighted by Crippen LogP contribution is 2.18. The Kier molecular flexibility index (Phi) is 4.16. The zero-order valence-corrected chi connectivity index (χ0v) is 13.7. The first kappa shape index (κ1) is 15.9. The Bertz CT molecular complexity index is 883. The second kappa shape index (κ2) is 6.27.